The van der Waals surface area contributed by atoms with Crippen molar-refractivity contribution in [3.05, 3.63) is 81.8 Å². The van der Waals surface area contributed by atoms with E-state index in [1.54, 1.807) is 0 Å². The van der Waals surface area contributed by atoms with E-state index in [0.29, 0.717) is 4.68 Å². The van der Waals surface area contributed by atoms with Gasteiger partial charge in [-0.25, -0.2) is 22.2 Å². The van der Waals surface area contributed by atoms with Gasteiger partial charge < -0.3 is 19.7 Å². The Balaban J connectivity index is 1.71. The molecule has 3 aromatic rings. The van der Waals surface area contributed by atoms with Crippen molar-refractivity contribution in [2.45, 2.75) is 31.3 Å². The standard InChI is InChI=1S/C25H19F7N4O5/c1-40-14-8-16(26)20(17(27)9-14)15-10-35(18-6-7-33-36(23(18)38)11-19(28)29)24(39)21(15)34-22(37)12-2-4-13(5-3-12)41-25(30,31)32/h2-9,15,19,21H,10-11H2,1H3,(H,34,37)/t15-,21-/m0/s1. The van der Waals surface area contributed by atoms with Crippen molar-refractivity contribution in [1.82, 2.24) is 15.1 Å². The average molecular weight is 588 g/mol. The number of anilines is 1. The Hall–Kier alpha value is -4.63. The highest BCUT2D eigenvalue weighted by atomic mass is 19.4. The summed E-state index contributed by atoms with van der Waals surface area (Å²) in [6.07, 6.45) is -6.96. The highest BCUT2D eigenvalue weighted by Gasteiger charge is 2.46. The third kappa shape index (κ3) is 6.41. The number of carbonyl (C=O) groups is 2. The van der Waals surface area contributed by atoms with E-state index < -0.39 is 83.8 Å². The molecule has 0 bridgehead atoms. The van der Waals surface area contributed by atoms with Crippen molar-refractivity contribution in [3.8, 4) is 11.5 Å². The number of carbonyl (C=O) groups excluding carboxylic acids is 2. The molecule has 0 aliphatic carbocycles. The highest BCUT2D eigenvalue weighted by Crippen LogP contribution is 2.36. The SMILES string of the molecule is COc1cc(F)c([C@@H]2CN(c3ccnn(CC(F)F)c3=O)C(=O)[C@H]2NC(=O)c2ccc(OC(F)(F)F)cc2)c(F)c1. The molecule has 0 saturated carbocycles. The Morgan fingerprint density at radius 3 is 2.27 bits per heavy atom. The molecule has 9 nitrogen and oxygen atoms in total. The fourth-order valence-electron chi connectivity index (χ4n) is 4.34. The maximum absolute atomic E-state index is 15.1. The first kappa shape index (κ1) is 29.4. The molecule has 1 aromatic heterocycles. The van der Waals surface area contributed by atoms with Gasteiger partial charge in [0.25, 0.3) is 17.9 Å². The number of alkyl halides is 5. The van der Waals surface area contributed by atoms with E-state index in [0.717, 1.165) is 60.7 Å². The summed E-state index contributed by atoms with van der Waals surface area (Å²) in [5, 5.41) is 5.85. The lowest BCUT2D eigenvalue weighted by Gasteiger charge is -2.20. The number of hydrogen-bond donors (Lipinski definition) is 1. The van der Waals surface area contributed by atoms with Crippen LogP contribution in [0.4, 0.5) is 36.4 Å². The van der Waals surface area contributed by atoms with E-state index in [4.69, 9.17) is 4.74 Å². The van der Waals surface area contributed by atoms with Crippen molar-refractivity contribution in [2.75, 3.05) is 18.6 Å². The van der Waals surface area contributed by atoms with E-state index in [2.05, 4.69) is 15.2 Å². The summed E-state index contributed by atoms with van der Waals surface area (Å²) in [7, 11) is 1.16. The van der Waals surface area contributed by atoms with Crippen molar-refractivity contribution in [3.63, 3.8) is 0 Å². The molecule has 41 heavy (non-hydrogen) atoms. The maximum atomic E-state index is 15.1. The van der Waals surface area contributed by atoms with Gasteiger partial charge in [0, 0.05) is 41.9 Å². The second-order valence-corrected chi connectivity index (χ2v) is 8.68. The van der Waals surface area contributed by atoms with E-state index in [9.17, 15) is 36.3 Å². The first-order valence-electron chi connectivity index (χ1n) is 11.6. The van der Waals surface area contributed by atoms with Gasteiger partial charge in [-0.05, 0) is 30.3 Å². The Kier molecular flexibility index (Phi) is 8.21. The number of ether oxygens (including phenoxy) is 2. The first-order chi connectivity index (χ1) is 19.3. The molecule has 2 heterocycles. The van der Waals surface area contributed by atoms with Gasteiger partial charge in [0.05, 0.1) is 7.11 Å². The summed E-state index contributed by atoms with van der Waals surface area (Å²) in [5.41, 5.74) is -2.40. The molecule has 2 atom stereocenters. The smallest absolute Gasteiger partial charge is 0.497 e. The van der Waals surface area contributed by atoms with Crippen molar-refractivity contribution in [2.24, 2.45) is 0 Å². The van der Waals surface area contributed by atoms with Crippen LogP contribution in [0.5, 0.6) is 11.5 Å². The molecular formula is C25H19F7N4O5. The Labute approximate surface area is 226 Å². The van der Waals surface area contributed by atoms with Crippen LogP contribution in [-0.4, -0.2) is 54.1 Å². The molecule has 2 aromatic carbocycles. The molecule has 218 valence electrons. The van der Waals surface area contributed by atoms with E-state index in [1.807, 2.05) is 0 Å². The molecule has 1 aliphatic heterocycles. The van der Waals surface area contributed by atoms with Crippen LogP contribution in [0.1, 0.15) is 21.8 Å². The Morgan fingerprint density at radius 2 is 1.71 bits per heavy atom. The molecule has 1 N–H and O–H groups in total. The minimum Gasteiger partial charge on any atom is -0.497 e. The van der Waals surface area contributed by atoms with Crippen LogP contribution in [0.2, 0.25) is 0 Å². The minimum absolute atomic E-state index is 0.185. The molecule has 4 rings (SSSR count). The van der Waals surface area contributed by atoms with Gasteiger partial charge in [0.1, 0.15) is 41.4 Å². The normalized spacial score (nSPS) is 17.2. The summed E-state index contributed by atoms with van der Waals surface area (Å²) in [5.74, 6) is -6.56. The zero-order valence-corrected chi connectivity index (χ0v) is 20.8. The van der Waals surface area contributed by atoms with Crippen LogP contribution in [0.25, 0.3) is 0 Å². The molecule has 1 aliphatic rings. The number of hydrogen-bond acceptors (Lipinski definition) is 6. The summed E-state index contributed by atoms with van der Waals surface area (Å²) >= 11 is 0. The monoisotopic (exact) mass is 588 g/mol. The van der Waals surface area contributed by atoms with Crippen LogP contribution in [0.3, 0.4) is 0 Å². The number of nitrogens with zero attached hydrogens (tertiary/aromatic N) is 3. The van der Waals surface area contributed by atoms with E-state index >= 15 is 8.78 Å². The number of aromatic nitrogens is 2. The summed E-state index contributed by atoms with van der Waals surface area (Å²) in [4.78, 5) is 40.0. The van der Waals surface area contributed by atoms with Crippen LogP contribution < -0.4 is 25.2 Å². The first-order valence-corrected chi connectivity index (χ1v) is 11.6. The third-order valence-electron chi connectivity index (χ3n) is 6.10. The predicted octanol–water partition coefficient (Wildman–Crippen LogP) is 3.62. The van der Waals surface area contributed by atoms with Crippen molar-refractivity contribution in [1.29, 1.82) is 0 Å². The van der Waals surface area contributed by atoms with Gasteiger partial charge in [-0.2, -0.15) is 5.10 Å². The molecule has 16 heteroatoms. The van der Waals surface area contributed by atoms with Crippen LogP contribution in [-0.2, 0) is 11.3 Å². The number of amides is 2. The number of nitrogens with one attached hydrogen (secondary N) is 1. The quantitative estimate of drug-likeness (QED) is 0.404. The summed E-state index contributed by atoms with van der Waals surface area (Å²) in [6, 6.07) is 4.64. The number of benzene rings is 2. The summed E-state index contributed by atoms with van der Waals surface area (Å²) in [6.45, 7) is -1.65. The minimum atomic E-state index is -4.98. The zero-order chi connectivity index (χ0) is 30.1. The Bertz CT molecular complexity index is 1490. The molecule has 0 unspecified atom stereocenters. The van der Waals surface area contributed by atoms with Gasteiger partial charge in [-0.3, -0.25) is 14.4 Å². The lowest BCUT2D eigenvalue weighted by Crippen LogP contribution is -2.44. The second kappa shape index (κ2) is 11.5. The van der Waals surface area contributed by atoms with E-state index in [1.165, 1.54) is 0 Å². The summed E-state index contributed by atoms with van der Waals surface area (Å²) < 4.78 is 102. The third-order valence-corrected chi connectivity index (χ3v) is 6.10. The highest BCUT2D eigenvalue weighted by molar-refractivity contribution is 6.05. The molecule has 1 saturated heterocycles. The zero-order valence-electron chi connectivity index (χ0n) is 20.8. The largest absolute Gasteiger partial charge is 0.573 e. The van der Waals surface area contributed by atoms with Gasteiger partial charge in [0.2, 0.25) is 5.91 Å². The van der Waals surface area contributed by atoms with Crippen LogP contribution in [0.15, 0.2) is 53.5 Å². The molecule has 1 fully saturated rings. The number of halogens is 7. The second-order valence-electron chi connectivity index (χ2n) is 8.68. The number of methoxy groups -OCH3 is 1. The van der Waals surface area contributed by atoms with Gasteiger partial charge in [-0.15, -0.1) is 13.2 Å². The van der Waals surface area contributed by atoms with Gasteiger partial charge >= 0.3 is 6.36 Å². The fraction of sp³-hybridized carbons (Fsp3) is 0.280. The number of rotatable bonds is 8. The molecular weight excluding hydrogens is 569 g/mol. The average Bonchev–Trinajstić information content (AvgIpc) is 3.19. The molecule has 0 spiro atoms. The Morgan fingerprint density at radius 1 is 1.07 bits per heavy atom. The predicted molar refractivity (Wildman–Crippen MR) is 127 cm³/mol. The van der Waals surface area contributed by atoms with Crippen molar-refractivity contribution >= 4 is 17.5 Å². The lowest BCUT2D eigenvalue weighted by molar-refractivity contribution is -0.274. The maximum Gasteiger partial charge on any atom is 0.573 e. The topological polar surface area (TPSA) is 103 Å². The molecule has 0 radical (unpaired) electrons. The van der Waals surface area contributed by atoms with Gasteiger partial charge in [-0.1, -0.05) is 0 Å². The fourth-order valence-corrected chi connectivity index (χ4v) is 4.34. The van der Waals surface area contributed by atoms with Gasteiger partial charge in [0.15, 0.2) is 0 Å². The van der Waals surface area contributed by atoms with Crippen LogP contribution in [0, 0.1) is 11.6 Å². The lowest BCUT2D eigenvalue weighted by atomic mass is 9.92. The van der Waals surface area contributed by atoms with Crippen LogP contribution >= 0.6 is 0 Å². The van der Waals surface area contributed by atoms with Crippen molar-refractivity contribution < 1.29 is 49.8 Å². The van der Waals surface area contributed by atoms with E-state index in [-0.39, 0.29) is 11.3 Å². The molecule has 2 amide bonds.